The number of nitrogens with zero attached hydrogens (tertiary/aromatic N) is 3. The van der Waals surface area contributed by atoms with E-state index in [0.717, 1.165) is 17.7 Å². The third-order valence-electron chi connectivity index (χ3n) is 7.43. The van der Waals surface area contributed by atoms with Crippen LogP contribution in [0.3, 0.4) is 0 Å². The standard InChI is InChI=1S/C32H36FN5O4/c1-32(2,3)42-31(41)38-15-13-37(14-16-38)25-10-7-21(8-11-25)29(39)35-20-23-6-9-24(17-28(23)33)36-30(40)27-18-26(27)22-5-4-12-34-19-22/h4-12,17,19,26-27H,13-16,18,20H2,1-3H3,(H,35,39)(H,36,40)/t26-,27+/m1/s1. The minimum atomic E-state index is -0.529. The predicted octanol–water partition coefficient (Wildman–Crippen LogP) is 4.95. The van der Waals surface area contributed by atoms with Crippen LogP contribution in [0, 0.1) is 11.7 Å². The molecule has 2 atom stereocenters. The molecule has 0 bridgehead atoms. The van der Waals surface area contributed by atoms with Crippen LogP contribution in [-0.2, 0) is 16.1 Å². The van der Waals surface area contributed by atoms with Crippen molar-refractivity contribution >= 4 is 29.3 Å². The quantitative estimate of drug-likeness (QED) is 0.415. The first-order valence-corrected chi connectivity index (χ1v) is 14.2. The molecule has 2 aromatic carbocycles. The van der Waals surface area contributed by atoms with Gasteiger partial charge in [0, 0.05) is 73.5 Å². The van der Waals surface area contributed by atoms with Gasteiger partial charge in [-0.15, -0.1) is 0 Å². The summed E-state index contributed by atoms with van der Waals surface area (Å²) in [4.78, 5) is 45.6. The Kier molecular flexibility index (Phi) is 8.42. The normalized spacial score (nSPS) is 18.3. The first-order chi connectivity index (χ1) is 20.1. The average Bonchev–Trinajstić information content (AvgIpc) is 3.78. The van der Waals surface area contributed by atoms with Crippen LogP contribution < -0.4 is 15.5 Å². The molecule has 1 aliphatic carbocycles. The zero-order valence-corrected chi connectivity index (χ0v) is 24.1. The van der Waals surface area contributed by atoms with Crippen LogP contribution in [0.2, 0.25) is 0 Å². The molecule has 220 valence electrons. The van der Waals surface area contributed by atoms with Crippen molar-refractivity contribution in [3.05, 3.63) is 89.5 Å². The lowest BCUT2D eigenvalue weighted by molar-refractivity contribution is -0.117. The summed E-state index contributed by atoms with van der Waals surface area (Å²) in [5, 5.41) is 5.56. The molecule has 9 nitrogen and oxygen atoms in total. The molecule has 0 radical (unpaired) electrons. The first-order valence-electron chi connectivity index (χ1n) is 14.2. The number of benzene rings is 2. The number of hydrogen-bond acceptors (Lipinski definition) is 6. The maximum absolute atomic E-state index is 14.8. The van der Waals surface area contributed by atoms with E-state index < -0.39 is 11.4 Å². The van der Waals surface area contributed by atoms with Crippen molar-refractivity contribution in [2.75, 3.05) is 36.4 Å². The van der Waals surface area contributed by atoms with Crippen molar-refractivity contribution < 1.29 is 23.5 Å². The van der Waals surface area contributed by atoms with E-state index in [9.17, 15) is 18.8 Å². The number of aromatic nitrogens is 1. The number of nitrogens with one attached hydrogen (secondary N) is 2. The fraction of sp³-hybridized carbons (Fsp3) is 0.375. The van der Waals surface area contributed by atoms with E-state index in [2.05, 4.69) is 20.5 Å². The number of piperazine rings is 1. The minimum absolute atomic E-state index is 0.0129. The number of rotatable bonds is 7. The third kappa shape index (κ3) is 7.23. The zero-order chi connectivity index (χ0) is 29.9. The van der Waals surface area contributed by atoms with Crippen LogP contribution in [0.5, 0.6) is 0 Å². The second kappa shape index (κ2) is 12.2. The second-order valence-corrected chi connectivity index (χ2v) is 11.7. The molecule has 0 spiro atoms. The summed E-state index contributed by atoms with van der Waals surface area (Å²) < 4.78 is 20.2. The number of halogens is 1. The fourth-order valence-corrected chi connectivity index (χ4v) is 5.03. The van der Waals surface area contributed by atoms with Crippen LogP contribution in [-0.4, -0.2) is 59.6 Å². The lowest BCUT2D eigenvalue weighted by Gasteiger charge is -2.36. The summed E-state index contributed by atoms with van der Waals surface area (Å²) in [5.41, 5.74) is 2.62. The van der Waals surface area contributed by atoms with Gasteiger partial charge in [-0.3, -0.25) is 14.6 Å². The molecule has 2 N–H and O–H groups in total. The largest absolute Gasteiger partial charge is 0.444 e. The molecular formula is C32H36FN5O4. The van der Waals surface area contributed by atoms with Gasteiger partial charge in [-0.05, 0) is 81.1 Å². The van der Waals surface area contributed by atoms with Gasteiger partial charge in [-0.2, -0.15) is 0 Å². The van der Waals surface area contributed by atoms with E-state index in [0.29, 0.717) is 43.0 Å². The van der Waals surface area contributed by atoms with Crippen LogP contribution in [0.25, 0.3) is 0 Å². The first kappa shape index (κ1) is 29.0. The average molecular weight is 574 g/mol. The molecule has 1 saturated heterocycles. The van der Waals surface area contributed by atoms with Crippen molar-refractivity contribution in [2.45, 2.75) is 45.3 Å². The summed E-state index contributed by atoms with van der Waals surface area (Å²) >= 11 is 0. The van der Waals surface area contributed by atoms with Gasteiger partial charge in [0.05, 0.1) is 0 Å². The van der Waals surface area contributed by atoms with Gasteiger partial charge in [0.25, 0.3) is 5.91 Å². The van der Waals surface area contributed by atoms with Gasteiger partial charge in [-0.25, -0.2) is 9.18 Å². The van der Waals surface area contributed by atoms with Crippen molar-refractivity contribution in [1.82, 2.24) is 15.2 Å². The SMILES string of the molecule is CC(C)(C)OC(=O)N1CCN(c2ccc(C(=O)NCc3ccc(NC(=O)[C@H]4C[C@@H]4c4cccnc4)cc3F)cc2)CC1. The number of anilines is 2. The summed E-state index contributed by atoms with van der Waals surface area (Å²) in [7, 11) is 0. The van der Waals surface area contributed by atoms with E-state index in [1.807, 2.05) is 45.0 Å². The Morgan fingerprint density at radius 2 is 1.76 bits per heavy atom. The Morgan fingerprint density at radius 3 is 2.40 bits per heavy atom. The van der Waals surface area contributed by atoms with E-state index >= 15 is 0 Å². The molecule has 1 aromatic heterocycles. The van der Waals surface area contributed by atoms with E-state index in [1.54, 1.807) is 41.6 Å². The smallest absolute Gasteiger partial charge is 0.410 e. The van der Waals surface area contributed by atoms with Crippen LogP contribution in [0.15, 0.2) is 67.0 Å². The molecule has 3 aromatic rings. The van der Waals surface area contributed by atoms with E-state index in [-0.39, 0.29) is 36.3 Å². The molecule has 10 heteroatoms. The second-order valence-electron chi connectivity index (χ2n) is 11.7. The summed E-state index contributed by atoms with van der Waals surface area (Å²) in [6.45, 7) is 7.98. The maximum Gasteiger partial charge on any atom is 0.410 e. The molecule has 42 heavy (non-hydrogen) atoms. The molecule has 1 aliphatic heterocycles. The number of ether oxygens (including phenoxy) is 1. The van der Waals surface area contributed by atoms with Crippen LogP contribution in [0.4, 0.5) is 20.6 Å². The van der Waals surface area contributed by atoms with Gasteiger partial charge in [0.1, 0.15) is 11.4 Å². The highest BCUT2D eigenvalue weighted by atomic mass is 19.1. The molecule has 0 unspecified atom stereocenters. The summed E-state index contributed by atoms with van der Waals surface area (Å²) in [6, 6.07) is 15.5. The van der Waals surface area contributed by atoms with Crippen molar-refractivity contribution in [2.24, 2.45) is 5.92 Å². The zero-order valence-electron chi connectivity index (χ0n) is 24.1. The Balaban J connectivity index is 1.08. The number of hydrogen-bond donors (Lipinski definition) is 2. The molecular weight excluding hydrogens is 537 g/mol. The number of carbonyl (C=O) groups excluding carboxylic acids is 3. The predicted molar refractivity (Wildman–Crippen MR) is 158 cm³/mol. The molecule has 3 amide bonds. The summed E-state index contributed by atoms with van der Waals surface area (Å²) in [6.07, 6.45) is 3.91. The number of carbonyl (C=O) groups is 3. The highest BCUT2D eigenvalue weighted by Gasteiger charge is 2.44. The highest BCUT2D eigenvalue weighted by molar-refractivity contribution is 5.95. The molecule has 1 saturated carbocycles. The van der Waals surface area contributed by atoms with Gasteiger partial charge in [-0.1, -0.05) is 12.1 Å². The molecule has 2 aliphatic rings. The van der Waals surface area contributed by atoms with Gasteiger partial charge >= 0.3 is 6.09 Å². The fourth-order valence-electron chi connectivity index (χ4n) is 5.03. The highest BCUT2D eigenvalue weighted by Crippen LogP contribution is 2.47. The number of amides is 3. The van der Waals surface area contributed by atoms with Crippen molar-refractivity contribution in [3.63, 3.8) is 0 Å². The molecule has 2 fully saturated rings. The lowest BCUT2D eigenvalue weighted by atomic mass is 10.1. The Morgan fingerprint density at radius 1 is 1.02 bits per heavy atom. The minimum Gasteiger partial charge on any atom is -0.444 e. The van der Waals surface area contributed by atoms with E-state index in [1.165, 1.54) is 6.07 Å². The monoisotopic (exact) mass is 573 g/mol. The van der Waals surface area contributed by atoms with Gasteiger partial charge in [0.2, 0.25) is 5.91 Å². The maximum atomic E-state index is 14.8. The molecule has 2 heterocycles. The van der Waals surface area contributed by atoms with Crippen molar-refractivity contribution in [1.29, 1.82) is 0 Å². The molecule has 5 rings (SSSR count). The Bertz CT molecular complexity index is 1430. The van der Waals surface area contributed by atoms with Crippen molar-refractivity contribution in [3.8, 4) is 0 Å². The van der Waals surface area contributed by atoms with Gasteiger partial charge in [0.15, 0.2) is 0 Å². The topological polar surface area (TPSA) is 104 Å². The van der Waals surface area contributed by atoms with Crippen LogP contribution >= 0.6 is 0 Å². The third-order valence-corrected chi connectivity index (χ3v) is 7.43. The van der Waals surface area contributed by atoms with E-state index in [4.69, 9.17) is 4.74 Å². The van der Waals surface area contributed by atoms with Crippen LogP contribution in [0.1, 0.15) is 54.6 Å². The lowest BCUT2D eigenvalue weighted by Crippen LogP contribution is -2.50. The number of pyridine rings is 1. The Hall–Kier alpha value is -4.47. The summed E-state index contributed by atoms with van der Waals surface area (Å²) in [5.74, 6) is -0.972. The van der Waals surface area contributed by atoms with Gasteiger partial charge < -0.3 is 25.2 Å². The Labute approximate surface area is 245 Å².